The number of hydrogen-bond donors (Lipinski definition) is 2. The summed E-state index contributed by atoms with van der Waals surface area (Å²) in [5.41, 5.74) is -0.737. The summed E-state index contributed by atoms with van der Waals surface area (Å²) in [5.74, 6) is -1.48. The van der Waals surface area contributed by atoms with Gasteiger partial charge in [-0.05, 0) is 25.5 Å². The number of hydrogen-bond acceptors (Lipinski definition) is 4. The van der Waals surface area contributed by atoms with E-state index < -0.39 is 23.3 Å². The second kappa shape index (κ2) is 6.60. The van der Waals surface area contributed by atoms with Crippen LogP contribution >= 0.6 is 11.3 Å². The molecule has 114 valence electrons. The highest BCUT2D eigenvalue weighted by atomic mass is 32.1. The van der Waals surface area contributed by atoms with Gasteiger partial charge >= 0.3 is 0 Å². The number of nitrogens with zero attached hydrogens (tertiary/aromatic N) is 1. The summed E-state index contributed by atoms with van der Waals surface area (Å²) in [6, 6.07) is 3.56. The molecule has 1 heterocycles. The number of aliphatic hydroxyl groups is 1. The normalized spacial score (nSPS) is 15.7. The first-order chi connectivity index (χ1) is 9.98. The molecule has 0 saturated carbocycles. The predicted molar refractivity (Wildman–Crippen MR) is 79.1 cm³/mol. The van der Waals surface area contributed by atoms with Crippen LogP contribution in [0, 0.1) is 11.6 Å². The topological polar surface area (TPSA) is 45.1 Å². The molecule has 2 N–H and O–H groups in total. The van der Waals surface area contributed by atoms with Gasteiger partial charge in [-0.2, -0.15) is 0 Å². The molecular weight excluding hydrogens is 294 g/mol. The van der Waals surface area contributed by atoms with Crippen LogP contribution < -0.4 is 5.32 Å². The average molecular weight is 312 g/mol. The minimum Gasteiger partial charge on any atom is -0.387 e. The molecular formula is C15H18F2N2OS. The number of benzene rings is 1. The second-order valence-electron chi connectivity index (χ2n) is 5.05. The van der Waals surface area contributed by atoms with Gasteiger partial charge in [0.1, 0.15) is 16.6 Å². The van der Waals surface area contributed by atoms with Gasteiger partial charge in [0.05, 0.1) is 17.2 Å². The lowest BCUT2D eigenvalue weighted by molar-refractivity contribution is 0.148. The van der Waals surface area contributed by atoms with Crippen LogP contribution in [-0.2, 0) is 5.54 Å². The first-order valence-electron chi connectivity index (χ1n) is 6.75. The van der Waals surface area contributed by atoms with E-state index in [9.17, 15) is 13.9 Å². The molecule has 0 bridgehead atoms. The van der Waals surface area contributed by atoms with Gasteiger partial charge in [-0.3, -0.25) is 0 Å². The van der Waals surface area contributed by atoms with Crippen molar-refractivity contribution in [2.75, 3.05) is 6.54 Å². The van der Waals surface area contributed by atoms with Gasteiger partial charge in [-0.25, -0.2) is 13.8 Å². The summed E-state index contributed by atoms with van der Waals surface area (Å²) in [6.45, 7) is 3.99. The number of nitrogens with one attached hydrogen (secondary N) is 1. The van der Waals surface area contributed by atoms with Crippen LogP contribution in [0.4, 0.5) is 8.78 Å². The van der Waals surface area contributed by atoms with Crippen molar-refractivity contribution in [2.45, 2.75) is 31.9 Å². The Kier molecular flexibility index (Phi) is 5.03. The summed E-state index contributed by atoms with van der Waals surface area (Å²) in [7, 11) is 0. The van der Waals surface area contributed by atoms with Crippen molar-refractivity contribution >= 4 is 11.3 Å². The minimum atomic E-state index is -1.25. The van der Waals surface area contributed by atoms with E-state index >= 15 is 0 Å². The van der Waals surface area contributed by atoms with Gasteiger partial charge in [0.15, 0.2) is 0 Å². The molecule has 6 heteroatoms. The fourth-order valence-corrected chi connectivity index (χ4v) is 2.95. The summed E-state index contributed by atoms with van der Waals surface area (Å²) in [5, 5.41) is 16.0. The molecule has 0 spiro atoms. The summed E-state index contributed by atoms with van der Waals surface area (Å²) in [4.78, 5) is 4.27. The molecule has 0 saturated heterocycles. The largest absolute Gasteiger partial charge is 0.387 e. The van der Waals surface area contributed by atoms with Crippen molar-refractivity contribution in [3.05, 3.63) is 52.0 Å². The van der Waals surface area contributed by atoms with Crippen LogP contribution in [0.2, 0.25) is 0 Å². The zero-order chi connectivity index (χ0) is 15.5. The van der Waals surface area contributed by atoms with Gasteiger partial charge < -0.3 is 10.4 Å². The lowest BCUT2D eigenvalue weighted by atomic mass is 9.98. The quantitative estimate of drug-likeness (QED) is 0.859. The van der Waals surface area contributed by atoms with E-state index in [1.807, 2.05) is 19.2 Å². The van der Waals surface area contributed by atoms with Crippen molar-refractivity contribution in [1.29, 1.82) is 0 Å². The van der Waals surface area contributed by atoms with Gasteiger partial charge in [-0.15, -0.1) is 11.3 Å². The predicted octanol–water partition coefficient (Wildman–Crippen LogP) is 3.37. The first-order valence-corrected chi connectivity index (χ1v) is 7.63. The third-order valence-corrected chi connectivity index (χ3v) is 4.67. The van der Waals surface area contributed by atoms with Crippen molar-refractivity contribution in [3.63, 3.8) is 0 Å². The number of halogens is 2. The SMILES string of the molecule is CCC(C)(NCC(O)c1c(F)cccc1F)c1nccs1. The van der Waals surface area contributed by atoms with Gasteiger partial charge in [0, 0.05) is 18.1 Å². The van der Waals surface area contributed by atoms with E-state index in [-0.39, 0.29) is 12.1 Å². The van der Waals surface area contributed by atoms with E-state index in [0.717, 1.165) is 23.6 Å². The molecule has 0 fully saturated rings. The maximum absolute atomic E-state index is 13.6. The molecule has 0 aliphatic heterocycles. The Morgan fingerprint density at radius 3 is 2.57 bits per heavy atom. The van der Waals surface area contributed by atoms with E-state index in [4.69, 9.17) is 0 Å². The van der Waals surface area contributed by atoms with Crippen LogP contribution in [0.15, 0.2) is 29.8 Å². The van der Waals surface area contributed by atoms with Gasteiger partial charge in [0.25, 0.3) is 0 Å². The third kappa shape index (κ3) is 3.45. The van der Waals surface area contributed by atoms with Crippen LogP contribution in [0.3, 0.4) is 0 Å². The Bertz CT molecular complexity index is 571. The molecule has 21 heavy (non-hydrogen) atoms. The molecule has 2 aromatic rings. The van der Waals surface area contributed by atoms with Crippen LogP contribution in [0.25, 0.3) is 0 Å². The Balaban J connectivity index is 2.11. The number of rotatable bonds is 6. The maximum Gasteiger partial charge on any atom is 0.131 e. The molecule has 1 aromatic carbocycles. The fourth-order valence-electron chi connectivity index (χ4n) is 2.10. The number of thiazole rings is 1. The summed E-state index contributed by atoms with van der Waals surface area (Å²) < 4.78 is 27.3. The minimum absolute atomic E-state index is 0.0434. The molecule has 1 aromatic heterocycles. The molecule has 2 unspecified atom stereocenters. The molecule has 2 atom stereocenters. The molecule has 3 nitrogen and oxygen atoms in total. The number of aromatic nitrogens is 1. The Hall–Kier alpha value is -1.37. The molecule has 0 amide bonds. The highest BCUT2D eigenvalue weighted by molar-refractivity contribution is 7.09. The lowest BCUT2D eigenvalue weighted by Crippen LogP contribution is -2.41. The van der Waals surface area contributed by atoms with E-state index in [1.165, 1.54) is 17.4 Å². The van der Waals surface area contributed by atoms with Crippen molar-refractivity contribution in [1.82, 2.24) is 10.3 Å². The summed E-state index contributed by atoms with van der Waals surface area (Å²) >= 11 is 1.50. The standard InChI is InChI=1S/C15H18F2N2OS/c1-3-15(2,14-18-7-8-21-14)19-9-12(20)13-10(16)5-4-6-11(13)17/h4-8,12,19-20H,3,9H2,1-2H3. The molecule has 0 radical (unpaired) electrons. The second-order valence-corrected chi connectivity index (χ2v) is 5.95. The average Bonchev–Trinajstić information content (AvgIpc) is 2.99. The highest BCUT2D eigenvalue weighted by Gasteiger charge is 2.28. The fraction of sp³-hybridized carbons (Fsp3) is 0.400. The lowest BCUT2D eigenvalue weighted by Gasteiger charge is -2.29. The Labute approximate surface area is 126 Å². The zero-order valence-corrected chi connectivity index (χ0v) is 12.8. The van der Waals surface area contributed by atoms with Crippen molar-refractivity contribution in [3.8, 4) is 0 Å². The van der Waals surface area contributed by atoms with E-state index in [1.54, 1.807) is 6.20 Å². The first kappa shape index (κ1) is 16.0. The van der Waals surface area contributed by atoms with E-state index in [0.29, 0.717) is 0 Å². The summed E-state index contributed by atoms with van der Waals surface area (Å²) in [6.07, 6.45) is 1.20. The monoisotopic (exact) mass is 312 g/mol. The molecule has 0 aliphatic rings. The smallest absolute Gasteiger partial charge is 0.131 e. The third-order valence-electron chi connectivity index (χ3n) is 3.63. The van der Waals surface area contributed by atoms with Crippen LogP contribution in [-0.4, -0.2) is 16.6 Å². The van der Waals surface area contributed by atoms with Gasteiger partial charge in [0.2, 0.25) is 0 Å². The Morgan fingerprint density at radius 1 is 1.38 bits per heavy atom. The zero-order valence-electron chi connectivity index (χ0n) is 11.9. The maximum atomic E-state index is 13.6. The molecule has 2 rings (SSSR count). The van der Waals surface area contributed by atoms with Crippen LogP contribution in [0.1, 0.15) is 36.9 Å². The van der Waals surface area contributed by atoms with Crippen molar-refractivity contribution < 1.29 is 13.9 Å². The van der Waals surface area contributed by atoms with Gasteiger partial charge in [-0.1, -0.05) is 13.0 Å². The van der Waals surface area contributed by atoms with Crippen LogP contribution in [0.5, 0.6) is 0 Å². The highest BCUT2D eigenvalue weighted by Crippen LogP contribution is 2.27. The number of aliphatic hydroxyl groups excluding tert-OH is 1. The Morgan fingerprint density at radius 2 is 2.05 bits per heavy atom. The molecule has 0 aliphatic carbocycles. The van der Waals surface area contributed by atoms with Crippen molar-refractivity contribution in [2.24, 2.45) is 0 Å². The van der Waals surface area contributed by atoms with E-state index in [2.05, 4.69) is 10.3 Å².